The summed E-state index contributed by atoms with van der Waals surface area (Å²) in [5, 5.41) is 15.2. The zero-order chi connectivity index (χ0) is 11.5. The molecule has 0 saturated carbocycles. The lowest BCUT2D eigenvalue weighted by Gasteiger charge is -2.27. The van der Waals surface area contributed by atoms with Gasteiger partial charge in [0.15, 0.2) is 0 Å². The van der Waals surface area contributed by atoms with Crippen LogP contribution in [0.4, 0.5) is 0 Å². The van der Waals surface area contributed by atoms with Crippen molar-refractivity contribution in [2.45, 2.75) is 45.2 Å². The summed E-state index contributed by atoms with van der Waals surface area (Å²) in [4.78, 5) is 11.9. The van der Waals surface area contributed by atoms with Crippen molar-refractivity contribution in [3.8, 4) is 0 Å². The third-order valence-corrected chi connectivity index (χ3v) is 3.37. The Labute approximate surface area is 91.4 Å². The molecule has 88 valence electrons. The SMILES string of the molecule is CC(CO)C(C)NC(=O)C1(C)CCCN1. The molecule has 0 aliphatic carbocycles. The quantitative estimate of drug-likeness (QED) is 0.629. The number of hydrogen-bond acceptors (Lipinski definition) is 3. The molecule has 3 N–H and O–H groups in total. The van der Waals surface area contributed by atoms with Gasteiger partial charge in [0.25, 0.3) is 0 Å². The Bertz CT molecular complexity index is 225. The maximum absolute atomic E-state index is 11.9. The standard InChI is InChI=1S/C11H22N2O2/c1-8(7-14)9(2)13-10(15)11(3)5-4-6-12-11/h8-9,12,14H,4-7H2,1-3H3,(H,13,15). The Kier molecular flexibility index (Phi) is 4.11. The highest BCUT2D eigenvalue weighted by molar-refractivity contribution is 5.86. The molecule has 1 rings (SSSR count). The Morgan fingerprint density at radius 3 is 2.73 bits per heavy atom. The van der Waals surface area contributed by atoms with E-state index in [0.717, 1.165) is 19.4 Å². The number of carbonyl (C=O) groups excluding carboxylic acids is 1. The minimum absolute atomic E-state index is 0.0155. The van der Waals surface area contributed by atoms with Crippen molar-refractivity contribution in [1.82, 2.24) is 10.6 Å². The maximum Gasteiger partial charge on any atom is 0.240 e. The number of aliphatic hydroxyl groups excluding tert-OH is 1. The van der Waals surface area contributed by atoms with Crippen molar-refractivity contribution in [2.24, 2.45) is 5.92 Å². The lowest BCUT2D eigenvalue weighted by Crippen LogP contribution is -2.54. The summed E-state index contributed by atoms with van der Waals surface area (Å²) in [6.45, 7) is 6.80. The average molecular weight is 214 g/mol. The van der Waals surface area contributed by atoms with Crippen LogP contribution in [0.5, 0.6) is 0 Å². The number of hydrogen-bond donors (Lipinski definition) is 3. The van der Waals surface area contributed by atoms with Gasteiger partial charge in [-0.3, -0.25) is 4.79 Å². The van der Waals surface area contributed by atoms with Crippen LogP contribution in [-0.2, 0) is 4.79 Å². The van der Waals surface area contributed by atoms with Gasteiger partial charge < -0.3 is 15.7 Å². The van der Waals surface area contributed by atoms with Crippen LogP contribution < -0.4 is 10.6 Å². The molecule has 0 aromatic heterocycles. The molecule has 1 heterocycles. The minimum atomic E-state index is -0.413. The predicted octanol–water partition coefficient (Wildman–Crippen LogP) is 0.262. The highest BCUT2D eigenvalue weighted by Gasteiger charge is 2.36. The first-order valence-corrected chi connectivity index (χ1v) is 5.66. The fourth-order valence-corrected chi connectivity index (χ4v) is 1.75. The number of carbonyl (C=O) groups is 1. The Hall–Kier alpha value is -0.610. The van der Waals surface area contributed by atoms with Crippen molar-refractivity contribution in [2.75, 3.05) is 13.2 Å². The van der Waals surface area contributed by atoms with Crippen LogP contribution >= 0.6 is 0 Å². The first-order valence-electron chi connectivity index (χ1n) is 5.66. The number of amides is 1. The van der Waals surface area contributed by atoms with E-state index in [9.17, 15) is 4.79 Å². The van der Waals surface area contributed by atoms with E-state index in [-0.39, 0.29) is 24.5 Å². The monoisotopic (exact) mass is 214 g/mol. The molecule has 0 aromatic rings. The normalized spacial score (nSPS) is 29.9. The average Bonchev–Trinajstić information content (AvgIpc) is 2.65. The molecular weight excluding hydrogens is 192 g/mol. The zero-order valence-corrected chi connectivity index (χ0v) is 9.84. The molecule has 3 unspecified atom stereocenters. The summed E-state index contributed by atoms with van der Waals surface area (Å²) in [7, 11) is 0. The van der Waals surface area contributed by atoms with E-state index in [1.54, 1.807) is 0 Å². The van der Waals surface area contributed by atoms with Gasteiger partial charge in [-0.25, -0.2) is 0 Å². The van der Waals surface area contributed by atoms with Crippen LogP contribution in [0.1, 0.15) is 33.6 Å². The molecule has 15 heavy (non-hydrogen) atoms. The van der Waals surface area contributed by atoms with Crippen molar-refractivity contribution in [1.29, 1.82) is 0 Å². The highest BCUT2D eigenvalue weighted by Crippen LogP contribution is 2.19. The van der Waals surface area contributed by atoms with Gasteiger partial charge in [-0.15, -0.1) is 0 Å². The minimum Gasteiger partial charge on any atom is -0.396 e. The second-order valence-electron chi connectivity index (χ2n) is 4.78. The molecule has 1 aliphatic rings. The fraction of sp³-hybridized carbons (Fsp3) is 0.909. The topological polar surface area (TPSA) is 61.4 Å². The third-order valence-electron chi connectivity index (χ3n) is 3.37. The molecule has 4 nitrogen and oxygen atoms in total. The summed E-state index contributed by atoms with van der Waals surface area (Å²) in [6.07, 6.45) is 1.94. The lowest BCUT2D eigenvalue weighted by molar-refractivity contribution is -0.127. The molecule has 1 saturated heterocycles. The molecule has 3 atom stereocenters. The second kappa shape index (κ2) is 4.94. The number of nitrogens with one attached hydrogen (secondary N) is 2. The van der Waals surface area contributed by atoms with E-state index in [2.05, 4.69) is 10.6 Å². The van der Waals surface area contributed by atoms with Gasteiger partial charge in [-0.05, 0) is 39.2 Å². The van der Waals surface area contributed by atoms with Crippen molar-refractivity contribution < 1.29 is 9.90 Å². The lowest BCUT2D eigenvalue weighted by atomic mass is 9.97. The summed E-state index contributed by atoms with van der Waals surface area (Å²) in [5.74, 6) is 0.145. The molecule has 0 aromatic carbocycles. The Morgan fingerprint density at radius 1 is 1.60 bits per heavy atom. The Morgan fingerprint density at radius 2 is 2.27 bits per heavy atom. The van der Waals surface area contributed by atoms with E-state index >= 15 is 0 Å². The van der Waals surface area contributed by atoms with Crippen LogP contribution in [-0.4, -0.2) is 35.7 Å². The van der Waals surface area contributed by atoms with E-state index in [1.807, 2.05) is 20.8 Å². The molecule has 4 heteroatoms. The number of rotatable bonds is 4. The van der Waals surface area contributed by atoms with Crippen LogP contribution in [0.3, 0.4) is 0 Å². The summed E-state index contributed by atoms with van der Waals surface area (Å²) in [5.41, 5.74) is -0.413. The van der Waals surface area contributed by atoms with Crippen molar-refractivity contribution >= 4 is 5.91 Å². The summed E-state index contributed by atoms with van der Waals surface area (Å²) in [6, 6.07) is 0.0155. The van der Waals surface area contributed by atoms with Gasteiger partial charge in [0.1, 0.15) is 0 Å². The third kappa shape index (κ3) is 2.92. The first kappa shape index (κ1) is 12.5. The smallest absolute Gasteiger partial charge is 0.240 e. The largest absolute Gasteiger partial charge is 0.396 e. The van der Waals surface area contributed by atoms with Gasteiger partial charge in [0.2, 0.25) is 5.91 Å². The van der Waals surface area contributed by atoms with Crippen molar-refractivity contribution in [3.05, 3.63) is 0 Å². The van der Waals surface area contributed by atoms with Gasteiger partial charge in [-0.1, -0.05) is 6.92 Å². The molecule has 1 aliphatic heterocycles. The Balaban J connectivity index is 2.47. The predicted molar refractivity (Wildman–Crippen MR) is 59.5 cm³/mol. The van der Waals surface area contributed by atoms with E-state index in [0.29, 0.717) is 0 Å². The van der Waals surface area contributed by atoms with Crippen molar-refractivity contribution in [3.63, 3.8) is 0 Å². The molecule has 1 amide bonds. The van der Waals surface area contributed by atoms with E-state index < -0.39 is 5.54 Å². The molecule has 0 radical (unpaired) electrons. The van der Waals surface area contributed by atoms with Gasteiger partial charge in [0, 0.05) is 12.6 Å². The van der Waals surface area contributed by atoms with Gasteiger partial charge >= 0.3 is 0 Å². The molecule has 0 bridgehead atoms. The van der Waals surface area contributed by atoms with Gasteiger partial charge in [-0.2, -0.15) is 0 Å². The second-order valence-corrected chi connectivity index (χ2v) is 4.78. The number of aliphatic hydroxyl groups is 1. The highest BCUT2D eigenvalue weighted by atomic mass is 16.3. The maximum atomic E-state index is 11.9. The zero-order valence-electron chi connectivity index (χ0n) is 9.84. The molecule has 0 spiro atoms. The van der Waals surface area contributed by atoms with E-state index in [4.69, 9.17) is 5.11 Å². The molecule has 1 fully saturated rings. The van der Waals surface area contributed by atoms with E-state index in [1.165, 1.54) is 0 Å². The summed E-state index contributed by atoms with van der Waals surface area (Å²) >= 11 is 0. The van der Waals surface area contributed by atoms with Crippen LogP contribution in [0.25, 0.3) is 0 Å². The van der Waals surface area contributed by atoms with Crippen LogP contribution in [0.15, 0.2) is 0 Å². The van der Waals surface area contributed by atoms with Crippen LogP contribution in [0, 0.1) is 5.92 Å². The van der Waals surface area contributed by atoms with Gasteiger partial charge in [0.05, 0.1) is 5.54 Å². The van der Waals surface area contributed by atoms with Crippen LogP contribution in [0.2, 0.25) is 0 Å². The molecular formula is C11H22N2O2. The fourth-order valence-electron chi connectivity index (χ4n) is 1.75. The first-order chi connectivity index (χ1) is 6.99. The summed E-state index contributed by atoms with van der Waals surface area (Å²) < 4.78 is 0.